The van der Waals surface area contributed by atoms with Crippen molar-refractivity contribution in [3.63, 3.8) is 0 Å². The van der Waals surface area contributed by atoms with Gasteiger partial charge in [-0.3, -0.25) is 4.90 Å². The number of aliphatic hydroxyl groups excluding tert-OH is 1. The third kappa shape index (κ3) is 4.23. The minimum Gasteiger partial charge on any atom is -0.384 e. The first-order valence-corrected chi connectivity index (χ1v) is 6.47. The summed E-state index contributed by atoms with van der Waals surface area (Å²) >= 11 is 0. The molecule has 0 aliphatic carbocycles. The van der Waals surface area contributed by atoms with Crippen molar-refractivity contribution in [1.82, 2.24) is 10.1 Å². The Labute approximate surface area is 119 Å². The van der Waals surface area contributed by atoms with Crippen LogP contribution in [-0.2, 0) is 13.1 Å². The summed E-state index contributed by atoms with van der Waals surface area (Å²) in [5.41, 5.74) is 3.07. The van der Waals surface area contributed by atoms with Crippen LogP contribution in [0.1, 0.15) is 22.6 Å². The van der Waals surface area contributed by atoms with E-state index in [1.54, 1.807) is 0 Å². The normalized spacial score (nSPS) is 10.4. The molecular formula is C16H18N2O2. The summed E-state index contributed by atoms with van der Waals surface area (Å²) in [7, 11) is 2.05. The molecule has 0 spiro atoms. The van der Waals surface area contributed by atoms with Gasteiger partial charge < -0.3 is 9.63 Å². The molecule has 1 aromatic carbocycles. The molecule has 4 heteroatoms. The summed E-state index contributed by atoms with van der Waals surface area (Å²) in [4.78, 5) is 2.17. The van der Waals surface area contributed by atoms with Crippen LogP contribution in [0.5, 0.6) is 0 Å². The van der Waals surface area contributed by atoms with E-state index < -0.39 is 0 Å². The van der Waals surface area contributed by atoms with Crippen molar-refractivity contribution in [1.29, 1.82) is 0 Å². The lowest BCUT2D eigenvalue weighted by atomic mass is 10.1. The van der Waals surface area contributed by atoms with Gasteiger partial charge in [-0.1, -0.05) is 29.1 Å². The lowest BCUT2D eigenvalue weighted by Gasteiger charge is -2.14. The van der Waals surface area contributed by atoms with Crippen LogP contribution in [0.15, 0.2) is 34.9 Å². The van der Waals surface area contributed by atoms with Crippen LogP contribution in [0.25, 0.3) is 0 Å². The van der Waals surface area contributed by atoms with Gasteiger partial charge in [0.05, 0.1) is 5.69 Å². The van der Waals surface area contributed by atoms with E-state index in [9.17, 15) is 0 Å². The largest absolute Gasteiger partial charge is 0.384 e. The molecule has 0 saturated carbocycles. The molecule has 1 aromatic heterocycles. The van der Waals surface area contributed by atoms with Gasteiger partial charge >= 0.3 is 0 Å². The minimum absolute atomic E-state index is 0.110. The summed E-state index contributed by atoms with van der Waals surface area (Å²) in [5.74, 6) is 6.35. The predicted octanol–water partition coefficient (Wildman–Crippen LogP) is 1.96. The Morgan fingerprint density at radius 2 is 2.00 bits per heavy atom. The Balaban J connectivity index is 1.92. The van der Waals surface area contributed by atoms with Crippen LogP contribution in [0, 0.1) is 18.8 Å². The molecule has 0 radical (unpaired) electrons. The summed E-state index contributed by atoms with van der Waals surface area (Å²) in [5, 5.41) is 12.6. The zero-order chi connectivity index (χ0) is 14.4. The highest BCUT2D eigenvalue weighted by molar-refractivity contribution is 5.36. The highest BCUT2D eigenvalue weighted by Gasteiger charge is 2.05. The molecule has 1 heterocycles. The Hall–Kier alpha value is -2.09. The number of aliphatic hydroxyl groups is 1. The molecule has 0 bridgehead atoms. The summed E-state index contributed by atoms with van der Waals surface area (Å²) in [6.07, 6.45) is 0. The SMILES string of the molecule is Cc1cc(CN(C)Cc2ccc(C#CCO)cc2)no1. The lowest BCUT2D eigenvalue weighted by molar-refractivity contribution is 0.302. The Kier molecular flexibility index (Phi) is 4.94. The van der Waals surface area contributed by atoms with Crippen molar-refractivity contribution in [2.24, 2.45) is 0 Å². The fourth-order valence-corrected chi connectivity index (χ4v) is 1.97. The average Bonchev–Trinajstić information content (AvgIpc) is 2.83. The third-order valence-electron chi connectivity index (χ3n) is 2.83. The van der Waals surface area contributed by atoms with E-state index in [1.807, 2.05) is 44.3 Å². The number of hydrogen-bond acceptors (Lipinski definition) is 4. The molecule has 0 aliphatic heterocycles. The Morgan fingerprint density at radius 1 is 1.25 bits per heavy atom. The molecule has 2 rings (SSSR count). The maximum absolute atomic E-state index is 8.65. The summed E-state index contributed by atoms with van der Waals surface area (Å²) in [6, 6.07) is 9.97. The quantitative estimate of drug-likeness (QED) is 0.863. The smallest absolute Gasteiger partial charge is 0.133 e. The molecule has 0 aliphatic rings. The highest BCUT2D eigenvalue weighted by Crippen LogP contribution is 2.09. The topological polar surface area (TPSA) is 49.5 Å². The number of aromatic nitrogens is 1. The first-order valence-electron chi connectivity index (χ1n) is 6.47. The molecule has 4 nitrogen and oxygen atoms in total. The van der Waals surface area contributed by atoms with Gasteiger partial charge in [0, 0.05) is 24.7 Å². The number of aryl methyl sites for hydroxylation is 1. The van der Waals surface area contributed by atoms with Crippen LogP contribution < -0.4 is 0 Å². The molecule has 1 N–H and O–H groups in total. The van der Waals surface area contributed by atoms with Gasteiger partial charge in [-0.05, 0) is 31.7 Å². The lowest BCUT2D eigenvalue weighted by Crippen LogP contribution is -2.17. The molecule has 0 saturated heterocycles. The van der Waals surface area contributed by atoms with E-state index in [0.717, 1.165) is 30.1 Å². The van der Waals surface area contributed by atoms with Gasteiger partial charge in [-0.2, -0.15) is 0 Å². The van der Waals surface area contributed by atoms with Gasteiger partial charge in [0.1, 0.15) is 12.4 Å². The van der Waals surface area contributed by atoms with Gasteiger partial charge in [0.25, 0.3) is 0 Å². The van der Waals surface area contributed by atoms with Gasteiger partial charge in [0.2, 0.25) is 0 Å². The number of rotatable bonds is 4. The molecule has 104 valence electrons. The molecule has 0 unspecified atom stereocenters. The number of nitrogens with zero attached hydrogens (tertiary/aromatic N) is 2. The molecule has 0 atom stereocenters. The van der Waals surface area contributed by atoms with E-state index in [0.29, 0.717) is 0 Å². The zero-order valence-corrected chi connectivity index (χ0v) is 11.8. The van der Waals surface area contributed by atoms with Crippen LogP contribution in [0.2, 0.25) is 0 Å². The van der Waals surface area contributed by atoms with E-state index >= 15 is 0 Å². The van der Waals surface area contributed by atoms with Crippen molar-refractivity contribution in [3.8, 4) is 11.8 Å². The van der Waals surface area contributed by atoms with Crippen molar-refractivity contribution in [2.45, 2.75) is 20.0 Å². The molecule has 0 amide bonds. The van der Waals surface area contributed by atoms with Crippen LogP contribution in [0.4, 0.5) is 0 Å². The second-order valence-corrected chi connectivity index (χ2v) is 4.76. The molecule has 20 heavy (non-hydrogen) atoms. The second kappa shape index (κ2) is 6.90. The minimum atomic E-state index is -0.110. The summed E-state index contributed by atoms with van der Waals surface area (Å²) < 4.78 is 5.06. The first-order chi connectivity index (χ1) is 9.67. The van der Waals surface area contributed by atoms with Gasteiger partial charge in [-0.15, -0.1) is 0 Å². The van der Waals surface area contributed by atoms with E-state index in [1.165, 1.54) is 5.56 Å². The monoisotopic (exact) mass is 270 g/mol. The fraction of sp³-hybridized carbons (Fsp3) is 0.312. The Bertz CT molecular complexity index is 605. The molecule has 2 aromatic rings. The highest BCUT2D eigenvalue weighted by atomic mass is 16.5. The standard InChI is InChI=1S/C16H18N2O2/c1-13-10-16(17-20-13)12-18(2)11-15-7-5-14(6-8-15)4-3-9-19/h5-8,10,19H,9,11-12H2,1-2H3. The van der Waals surface area contributed by atoms with Crippen molar-refractivity contribution >= 4 is 0 Å². The molecular weight excluding hydrogens is 252 g/mol. The van der Waals surface area contributed by atoms with Crippen molar-refractivity contribution in [2.75, 3.05) is 13.7 Å². The first kappa shape index (κ1) is 14.3. The maximum atomic E-state index is 8.65. The summed E-state index contributed by atoms with van der Waals surface area (Å²) in [6.45, 7) is 3.37. The van der Waals surface area contributed by atoms with Crippen LogP contribution in [0.3, 0.4) is 0 Å². The third-order valence-corrected chi connectivity index (χ3v) is 2.83. The fourth-order valence-electron chi connectivity index (χ4n) is 1.97. The van der Waals surface area contributed by atoms with E-state index in [4.69, 9.17) is 9.63 Å². The number of hydrogen-bond donors (Lipinski definition) is 1. The predicted molar refractivity (Wildman–Crippen MR) is 76.8 cm³/mol. The zero-order valence-electron chi connectivity index (χ0n) is 11.8. The average molecular weight is 270 g/mol. The van der Waals surface area contributed by atoms with Gasteiger partial charge in [0.15, 0.2) is 0 Å². The van der Waals surface area contributed by atoms with Crippen LogP contribution in [-0.4, -0.2) is 28.8 Å². The Morgan fingerprint density at radius 3 is 2.60 bits per heavy atom. The van der Waals surface area contributed by atoms with Crippen molar-refractivity contribution < 1.29 is 9.63 Å². The maximum Gasteiger partial charge on any atom is 0.133 e. The van der Waals surface area contributed by atoms with E-state index in [2.05, 4.69) is 21.9 Å². The molecule has 0 fully saturated rings. The van der Waals surface area contributed by atoms with Gasteiger partial charge in [-0.25, -0.2) is 0 Å². The number of benzene rings is 1. The van der Waals surface area contributed by atoms with Crippen molar-refractivity contribution in [3.05, 3.63) is 52.9 Å². The van der Waals surface area contributed by atoms with E-state index in [-0.39, 0.29) is 6.61 Å². The van der Waals surface area contributed by atoms with Crippen LogP contribution >= 0.6 is 0 Å². The second-order valence-electron chi connectivity index (χ2n) is 4.76.